The molecule has 1 aliphatic carbocycles. The maximum absolute atomic E-state index is 15.1. The molecular formula is C35H41F3O2. The minimum absolute atomic E-state index is 0.0420. The molecule has 0 amide bonds. The van der Waals surface area contributed by atoms with Crippen molar-refractivity contribution < 1.29 is 22.6 Å². The predicted molar refractivity (Wildman–Crippen MR) is 156 cm³/mol. The second kappa shape index (κ2) is 15.1. The molecule has 0 N–H and O–H groups in total. The minimum Gasteiger partial charge on any atom is -0.493 e. The molecular weight excluding hydrogens is 509 g/mol. The lowest BCUT2D eigenvalue weighted by molar-refractivity contribution is 0.0230. The van der Waals surface area contributed by atoms with Crippen LogP contribution in [0.25, 0.3) is 11.1 Å². The van der Waals surface area contributed by atoms with Crippen LogP contribution in [-0.2, 0) is 17.6 Å². The van der Waals surface area contributed by atoms with Gasteiger partial charge in [-0.2, -0.15) is 0 Å². The summed E-state index contributed by atoms with van der Waals surface area (Å²) >= 11 is 0. The molecule has 0 heterocycles. The Balaban J connectivity index is 1.31. The van der Waals surface area contributed by atoms with Gasteiger partial charge in [-0.25, -0.2) is 13.2 Å². The Labute approximate surface area is 237 Å². The number of halogens is 3. The summed E-state index contributed by atoms with van der Waals surface area (Å²) in [6, 6.07) is 16.0. The molecule has 1 aliphatic rings. The quantitative estimate of drug-likeness (QED) is 0.147. The highest BCUT2D eigenvalue weighted by Crippen LogP contribution is 2.36. The van der Waals surface area contributed by atoms with E-state index in [0.29, 0.717) is 41.9 Å². The molecule has 0 spiro atoms. The molecule has 0 bridgehead atoms. The molecule has 0 aromatic heterocycles. The van der Waals surface area contributed by atoms with Crippen LogP contribution in [0.5, 0.6) is 5.75 Å². The van der Waals surface area contributed by atoms with Gasteiger partial charge in [0.2, 0.25) is 0 Å². The fourth-order valence-corrected chi connectivity index (χ4v) is 5.41. The Morgan fingerprint density at radius 3 is 2.33 bits per heavy atom. The molecule has 0 atom stereocenters. The third-order valence-electron chi connectivity index (χ3n) is 7.87. The Morgan fingerprint density at radius 2 is 1.62 bits per heavy atom. The zero-order chi connectivity index (χ0) is 28.3. The van der Waals surface area contributed by atoms with Crippen LogP contribution in [0.15, 0.2) is 67.3 Å². The number of ether oxygens (including phenoxy) is 2. The average molecular weight is 551 g/mol. The molecule has 0 radical (unpaired) electrons. The van der Waals surface area contributed by atoms with Gasteiger partial charge in [-0.3, -0.25) is 0 Å². The average Bonchev–Trinajstić information content (AvgIpc) is 2.97. The Hall–Kier alpha value is -3.05. The molecule has 1 saturated carbocycles. The van der Waals surface area contributed by atoms with E-state index in [-0.39, 0.29) is 17.8 Å². The van der Waals surface area contributed by atoms with Crippen molar-refractivity contribution in [3.05, 3.63) is 101 Å². The van der Waals surface area contributed by atoms with E-state index in [1.165, 1.54) is 6.07 Å². The number of hydrogen-bond donors (Lipinski definition) is 0. The van der Waals surface area contributed by atoms with Gasteiger partial charge in [0.15, 0.2) is 11.6 Å². The van der Waals surface area contributed by atoms with Crippen LogP contribution >= 0.6 is 0 Å². The SMILES string of the molecule is C=CCCCOc1ccc(-c2ccc(CCc3ccc(C4CCC(OCCCC)CC4)c(F)c3F)cc2)c(F)c1. The topological polar surface area (TPSA) is 18.5 Å². The van der Waals surface area contributed by atoms with Gasteiger partial charge in [0.25, 0.3) is 0 Å². The summed E-state index contributed by atoms with van der Waals surface area (Å²) < 4.78 is 56.4. The van der Waals surface area contributed by atoms with E-state index in [9.17, 15) is 4.39 Å². The van der Waals surface area contributed by atoms with Crippen molar-refractivity contribution in [1.82, 2.24) is 0 Å². The van der Waals surface area contributed by atoms with Gasteiger partial charge >= 0.3 is 0 Å². The molecule has 3 aromatic carbocycles. The minimum atomic E-state index is -0.732. The molecule has 0 unspecified atom stereocenters. The van der Waals surface area contributed by atoms with Crippen LogP contribution in [0, 0.1) is 17.5 Å². The second-order valence-corrected chi connectivity index (χ2v) is 10.8. The zero-order valence-corrected chi connectivity index (χ0v) is 23.6. The van der Waals surface area contributed by atoms with Crippen molar-refractivity contribution in [2.75, 3.05) is 13.2 Å². The van der Waals surface area contributed by atoms with Gasteiger partial charge in [0.05, 0.1) is 12.7 Å². The van der Waals surface area contributed by atoms with Gasteiger partial charge in [-0.05, 0) is 98.1 Å². The summed E-state index contributed by atoms with van der Waals surface area (Å²) in [6.45, 7) is 7.12. The summed E-state index contributed by atoms with van der Waals surface area (Å²) in [5, 5.41) is 0. The second-order valence-electron chi connectivity index (χ2n) is 10.8. The highest BCUT2D eigenvalue weighted by Gasteiger charge is 2.26. The highest BCUT2D eigenvalue weighted by atomic mass is 19.2. The molecule has 4 rings (SSSR count). The van der Waals surface area contributed by atoms with Crippen LogP contribution < -0.4 is 4.74 Å². The van der Waals surface area contributed by atoms with Gasteiger partial charge in [-0.1, -0.05) is 55.8 Å². The van der Waals surface area contributed by atoms with Crippen molar-refractivity contribution in [1.29, 1.82) is 0 Å². The Bertz CT molecular complexity index is 1230. The maximum Gasteiger partial charge on any atom is 0.162 e. The van der Waals surface area contributed by atoms with Crippen LogP contribution in [0.3, 0.4) is 0 Å². The standard InChI is InChI=1S/C35H41F3O2/c1-3-5-7-23-40-30-19-21-31(33(36)24-30)26-11-8-25(9-12-26)10-13-28-16-20-32(35(38)34(28)37)27-14-17-29(18-15-27)39-22-6-4-2/h3,8-9,11-12,16,19-21,24,27,29H,1,4-7,10,13-15,17-18,22-23H2,2H3. The Kier molecular flexibility index (Phi) is 11.3. The Morgan fingerprint density at radius 1 is 0.850 bits per heavy atom. The first-order chi connectivity index (χ1) is 19.5. The van der Waals surface area contributed by atoms with Crippen molar-refractivity contribution >= 4 is 0 Å². The molecule has 5 heteroatoms. The van der Waals surface area contributed by atoms with Gasteiger partial charge in [-0.15, -0.1) is 6.58 Å². The van der Waals surface area contributed by atoms with Crippen LogP contribution in [0.1, 0.15) is 80.9 Å². The normalized spacial score (nSPS) is 17.1. The predicted octanol–water partition coefficient (Wildman–Crippen LogP) is 9.74. The van der Waals surface area contributed by atoms with E-state index in [4.69, 9.17) is 9.47 Å². The largest absolute Gasteiger partial charge is 0.493 e. The molecule has 3 aromatic rings. The summed E-state index contributed by atoms with van der Waals surface area (Å²) in [5.41, 5.74) is 3.11. The summed E-state index contributed by atoms with van der Waals surface area (Å²) in [4.78, 5) is 0. The number of unbranched alkanes of at least 4 members (excludes halogenated alkanes) is 2. The lowest BCUT2D eigenvalue weighted by Gasteiger charge is -2.29. The first-order valence-corrected chi connectivity index (χ1v) is 14.7. The van der Waals surface area contributed by atoms with Crippen molar-refractivity contribution in [3.63, 3.8) is 0 Å². The fraction of sp³-hybridized carbons (Fsp3) is 0.429. The maximum atomic E-state index is 15.1. The van der Waals surface area contributed by atoms with Gasteiger partial charge < -0.3 is 9.47 Å². The smallest absolute Gasteiger partial charge is 0.162 e. The van der Waals surface area contributed by atoms with E-state index in [1.807, 2.05) is 30.3 Å². The molecule has 214 valence electrons. The van der Waals surface area contributed by atoms with E-state index in [1.54, 1.807) is 24.3 Å². The monoisotopic (exact) mass is 550 g/mol. The third-order valence-corrected chi connectivity index (χ3v) is 7.87. The fourth-order valence-electron chi connectivity index (χ4n) is 5.41. The number of benzene rings is 3. The lowest BCUT2D eigenvalue weighted by atomic mass is 9.82. The van der Waals surface area contributed by atoms with E-state index >= 15 is 8.78 Å². The number of rotatable bonds is 14. The van der Waals surface area contributed by atoms with E-state index in [2.05, 4.69) is 13.5 Å². The number of hydrogen-bond acceptors (Lipinski definition) is 2. The van der Waals surface area contributed by atoms with Gasteiger partial charge in [0, 0.05) is 18.2 Å². The molecule has 0 aliphatic heterocycles. The highest BCUT2D eigenvalue weighted by molar-refractivity contribution is 5.65. The van der Waals surface area contributed by atoms with Crippen molar-refractivity contribution in [2.24, 2.45) is 0 Å². The summed E-state index contributed by atoms with van der Waals surface area (Å²) in [5.74, 6) is -1.23. The van der Waals surface area contributed by atoms with Gasteiger partial charge in [0.1, 0.15) is 11.6 Å². The van der Waals surface area contributed by atoms with E-state index in [0.717, 1.165) is 69.1 Å². The van der Waals surface area contributed by atoms with E-state index < -0.39 is 11.6 Å². The first kappa shape index (κ1) is 29.9. The van der Waals surface area contributed by atoms with Crippen molar-refractivity contribution in [3.8, 4) is 16.9 Å². The molecule has 0 saturated heterocycles. The molecule has 40 heavy (non-hydrogen) atoms. The van der Waals surface area contributed by atoms with Crippen LogP contribution in [-0.4, -0.2) is 19.3 Å². The van der Waals surface area contributed by atoms with Crippen molar-refractivity contribution in [2.45, 2.75) is 83.2 Å². The third kappa shape index (κ3) is 8.00. The number of aryl methyl sites for hydroxylation is 2. The van der Waals surface area contributed by atoms with Crippen LogP contribution in [0.4, 0.5) is 13.2 Å². The zero-order valence-electron chi connectivity index (χ0n) is 23.6. The molecule has 2 nitrogen and oxygen atoms in total. The summed E-state index contributed by atoms with van der Waals surface area (Å²) in [6.07, 6.45) is 10.3. The number of allylic oxidation sites excluding steroid dienone is 1. The summed E-state index contributed by atoms with van der Waals surface area (Å²) in [7, 11) is 0. The van der Waals surface area contributed by atoms with Crippen LogP contribution in [0.2, 0.25) is 0 Å². The molecule has 1 fully saturated rings. The first-order valence-electron chi connectivity index (χ1n) is 14.7. The lowest BCUT2D eigenvalue weighted by Crippen LogP contribution is -2.22.